The number of benzene rings is 2. The summed E-state index contributed by atoms with van der Waals surface area (Å²) >= 11 is 5.80. The Morgan fingerprint density at radius 3 is 2.48 bits per heavy atom. The van der Waals surface area contributed by atoms with Crippen molar-refractivity contribution in [1.82, 2.24) is 4.72 Å². The van der Waals surface area contributed by atoms with E-state index in [9.17, 15) is 18.3 Å². The predicted molar refractivity (Wildman–Crippen MR) is 114 cm³/mol. The third kappa shape index (κ3) is 5.26. The Labute approximate surface area is 176 Å². The summed E-state index contributed by atoms with van der Waals surface area (Å²) in [7, 11) is -3.59. The smallest absolute Gasteiger partial charge is 0.240 e. The summed E-state index contributed by atoms with van der Waals surface area (Å²) in [4.78, 5) is 12.5. The summed E-state index contributed by atoms with van der Waals surface area (Å²) in [5.41, 5.74) is 2.54. The van der Waals surface area contributed by atoms with Crippen LogP contribution in [0.15, 0.2) is 64.8 Å². The van der Waals surface area contributed by atoms with E-state index in [2.05, 4.69) is 4.72 Å². The zero-order chi connectivity index (χ0) is 21.0. The molecule has 0 bridgehead atoms. The van der Waals surface area contributed by atoms with Gasteiger partial charge in [-0.1, -0.05) is 42.8 Å². The number of hydrogen-bond donors (Lipinski definition) is 2. The van der Waals surface area contributed by atoms with E-state index in [4.69, 9.17) is 11.6 Å². The van der Waals surface area contributed by atoms with Crippen LogP contribution in [0.4, 0.5) is 0 Å². The molecule has 0 heterocycles. The van der Waals surface area contributed by atoms with Crippen molar-refractivity contribution >= 4 is 27.4 Å². The van der Waals surface area contributed by atoms with Crippen molar-refractivity contribution in [1.29, 1.82) is 0 Å². The molecule has 0 saturated heterocycles. The molecule has 3 rings (SSSR count). The molecule has 0 radical (unpaired) electrons. The van der Waals surface area contributed by atoms with Gasteiger partial charge in [-0.3, -0.25) is 4.79 Å². The number of nitrogens with one attached hydrogen (secondary N) is 1. The molecule has 29 heavy (non-hydrogen) atoms. The second-order valence-electron chi connectivity index (χ2n) is 7.17. The van der Waals surface area contributed by atoms with Crippen LogP contribution in [0.3, 0.4) is 0 Å². The predicted octanol–water partition coefficient (Wildman–Crippen LogP) is 4.21. The van der Waals surface area contributed by atoms with Gasteiger partial charge in [-0.2, -0.15) is 0 Å². The molecule has 2 aromatic carbocycles. The van der Waals surface area contributed by atoms with Crippen LogP contribution in [-0.2, 0) is 27.7 Å². The summed E-state index contributed by atoms with van der Waals surface area (Å²) in [6.45, 7) is 2.14. The zero-order valence-electron chi connectivity index (χ0n) is 16.2. The minimum atomic E-state index is -3.59. The van der Waals surface area contributed by atoms with E-state index in [0.717, 1.165) is 11.1 Å². The van der Waals surface area contributed by atoms with Gasteiger partial charge in [-0.15, -0.1) is 0 Å². The number of allylic oxidation sites excluding steroid dienone is 2. The fourth-order valence-electron chi connectivity index (χ4n) is 3.60. The lowest BCUT2D eigenvalue weighted by atomic mass is 9.93. The molecule has 0 fully saturated rings. The fraction of sp³-hybridized carbons (Fsp3) is 0.318. The molecule has 5 nitrogen and oxygen atoms in total. The summed E-state index contributed by atoms with van der Waals surface area (Å²) in [5.74, 6) is 0.0324. The number of carbonyl (C=O) groups excluding carboxylic acids is 1. The first-order valence-electron chi connectivity index (χ1n) is 9.58. The standard InChI is InChI=1S/C22H24ClNO4S/c1-2-20-21(25)14-17(22(20)26)13-16-5-3-4-15(12-16)10-11-24-29(27,28)19-8-6-18(23)7-9-19/h3-9,12,17,24-25H,2,10-11,13-14H2,1H3. The Bertz CT molecular complexity index is 1030. The van der Waals surface area contributed by atoms with Crippen molar-refractivity contribution in [3.63, 3.8) is 0 Å². The fourth-order valence-corrected chi connectivity index (χ4v) is 4.76. The first-order valence-corrected chi connectivity index (χ1v) is 11.4. The van der Waals surface area contributed by atoms with Gasteiger partial charge in [-0.05, 0) is 54.7 Å². The number of hydrogen-bond acceptors (Lipinski definition) is 4. The summed E-state index contributed by atoms with van der Waals surface area (Å²) in [5, 5.41) is 10.4. The third-order valence-corrected chi connectivity index (χ3v) is 6.84. The van der Waals surface area contributed by atoms with E-state index >= 15 is 0 Å². The molecule has 1 aliphatic carbocycles. The molecule has 0 aromatic heterocycles. The topological polar surface area (TPSA) is 83.5 Å². The maximum absolute atomic E-state index is 12.4. The first-order chi connectivity index (χ1) is 13.8. The van der Waals surface area contributed by atoms with Crippen LogP contribution in [-0.4, -0.2) is 25.9 Å². The molecule has 1 aliphatic rings. The molecule has 0 spiro atoms. The Morgan fingerprint density at radius 2 is 1.83 bits per heavy atom. The Balaban J connectivity index is 1.58. The van der Waals surface area contributed by atoms with Crippen molar-refractivity contribution < 1.29 is 18.3 Å². The average molecular weight is 434 g/mol. The number of ketones is 1. The second-order valence-corrected chi connectivity index (χ2v) is 9.37. The number of rotatable bonds is 8. The van der Waals surface area contributed by atoms with Crippen molar-refractivity contribution in [3.8, 4) is 0 Å². The van der Waals surface area contributed by atoms with Crippen LogP contribution in [0.2, 0.25) is 5.02 Å². The van der Waals surface area contributed by atoms with Crippen LogP contribution < -0.4 is 4.72 Å². The van der Waals surface area contributed by atoms with Gasteiger partial charge >= 0.3 is 0 Å². The minimum Gasteiger partial charge on any atom is -0.512 e. The number of Topliss-reactive ketones (excluding diaryl/α,β-unsaturated/α-hetero) is 1. The lowest BCUT2D eigenvalue weighted by Crippen LogP contribution is -2.26. The summed E-state index contributed by atoms with van der Waals surface area (Å²) < 4.78 is 27.3. The summed E-state index contributed by atoms with van der Waals surface area (Å²) in [6.07, 6.45) is 2.04. The molecule has 1 unspecified atom stereocenters. The van der Waals surface area contributed by atoms with Gasteiger partial charge in [-0.25, -0.2) is 13.1 Å². The number of sulfonamides is 1. The number of carbonyl (C=O) groups is 1. The molecule has 2 aromatic rings. The lowest BCUT2D eigenvalue weighted by molar-refractivity contribution is -0.118. The van der Waals surface area contributed by atoms with Crippen molar-refractivity contribution in [3.05, 3.63) is 76.0 Å². The zero-order valence-corrected chi connectivity index (χ0v) is 17.8. The Morgan fingerprint density at radius 1 is 1.14 bits per heavy atom. The van der Waals surface area contributed by atoms with E-state index in [1.807, 2.05) is 31.2 Å². The first kappa shape index (κ1) is 21.6. The molecule has 0 aliphatic heterocycles. The highest BCUT2D eigenvalue weighted by Gasteiger charge is 2.31. The average Bonchev–Trinajstić information content (AvgIpc) is 2.95. The largest absolute Gasteiger partial charge is 0.512 e. The molecular formula is C22H24ClNO4S. The van der Waals surface area contributed by atoms with Crippen molar-refractivity contribution in [2.75, 3.05) is 6.54 Å². The highest BCUT2D eigenvalue weighted by Crippen LogP contribution is 2.31. The quantitative estimate of drug-likeness (QED) is 0.653. The number of halogens is 1. The van der Waals surface area contributed by atoms with Crippen LogP contribution in [0.1, 0.15) is 30.9 Å². The lowest BCUT2D eigenvalue weighted by Gasteiger charge is -2.11. The molecule has 154 valence electrons. The van der Waals surface area contributed by atoms with Gasteiger partial charge in [0, 0.05) is 29.5 Å². The SMILES string of the molecule is CCC1=C(O)CC(Cc2cccc(CCNS(=O)(=O)c3ccc(Cl)cc3)c2)C1=O. The van der Waals surface area contributed by atoms with Gasteiger partial charge in [0.1, 0.15) is 0 Å². The van der Waals surface area contributed by atoms with Crippen molar-refractivity contribution in [2.45, 2.75) is 37.5 Å². The molecular weight excluding hydrogens is 410 g/mol. The molecule has 7 heteroatoms. The monoisotopic (exact) mass is 433 g/mol. The van der Waals surface area contributed by atoms with E-state index in [1.165, 1.54) is 12.1 Å². The molecule has 0 saturated carbocycles. The normalized spacial score (nSPS) is 17.2. The molecule has 1 atom stereocenters. The number of aliphatic hydroxyl groups excluding tert-OH is 1. The highest BCUT2D eigenvalue weighted by molar-refractivity contribution is 7.89. The van der Waals surface area contributed by atoms with Crippen LogP contribution in [0.5, 0.6) is 0 Å². The maximum atomic E-state index is 12.4. The molecule has 0 amide bonds. The van der Waals surface area contributed by atoms with Gasteiger partial charge in [0.2, 0.25) is 10.0 Å². The molecule has 2 N–H and O–H groups in total. The Kier molecular flexibility index (Phi) is 6.77. The van der Waals surface area contributed by atoms with E-state index in [-0.39, 0.29) is 28.9 Å². The van der Waals surface area contributed by atoms with Gasteiger partial charge in [0.05, 0.1) is 10.7 Å². The van der Waals surface area contributed by atoms with Gasteiger partial charge < -0.3 is 5.11 Å². The van der Waals surface area contributed by atoms with E-state index < -0.39 is 10.0 Å². The van der Waals surface area contributed by atoms with Crippen LogP contribution in [0, 0.1) is 5.92 Å². The van der Waals surface area contributed by atoms with Gasteiger partial charge in [0.15, 0.2) is 5.78 Å². The minimum absolute atomic E-state index is 0.0335. The van der Waals surface area contributed by atoms with Gasteiger partial charge in [0.25, 0.3) is 0 Å². The third-order valence-electron chi connectivity index (χ3n) is 5.11. The van der Waals surface area contributed by atoms with Crippen LogP contribution in [0.25, 0.3) is 0 Å². The Hall–Kier alpha value is -2.15. The second kappa shape index (κ2) is 9.11. The number of aliphatic hydroxyl groups is 1. The van der Waals surface area contributed by atoms with Crippen molar-refractivity contribution in [2.24, 2.45) is 5.92 Å². The van der Waals surface area contributed by atoms with Crippen LogP contribution >= 0.6 is 11.6 Å². The van der Waals surface area contributed by atoms with E-state index in [1.54, 1.807) is 12.1 Å². The maximum Gasteiger partial charge on any atom is 0.240 e. The highest BCUT2D eigenvalue weighted by atomic mass is 35.5. The van der Waals surface area contributed by atoms with E-state index in [0.29, 0.717) is 36.3 Å². The summed E-state index contributed by atoms with van der Waals surface area (Å²) in [6, 6.07) is 13.8.